The van der Waals surface area contributed by atoms with Crippen molar-refractivity contribution in [1.29, 1.82) is 0 Å². The van der Waals surface area contributed by atoms with Crippen molar-refractivity contribution in [2.45, 2.75) is 18.5 Å². The van der Waals surface area contributed by atoms with Gasteiger partial charge in [-0.1, -0.05) is 11.6 Å². The Labute approximate surface area is 151 Å². The minimum absolute atomic E-state index is 0.00230. The molecule has 1 atom stereocenters. The molecule has 0 aliphatic carbocycles. The van der Waals surface area contributed by atoms with Crippen molar-refractivity contribution in [3.05, 3.63) is 23.5 Å². The van der Waals surface area contributed by atoms with E-state index in [-0.39, 0.29) is 27.9 Å². The van der Waals surface area contributed by atoms with E-state index in [0.29, 0.717) is 19.8 Å². The molecule has 0 spiro atoms. The predicted molar refractivity (Wildman–Crippen MR) is 87.8 cm³/mol. The van der Waals surface area contributed by atoms with E-state index in [2.05, 4.69) is 14.2 Å². The van der Waals surface area contributed by atoms with Crippen LogP contribution in [0.5, 0.6) is 5.75 Å². The minimum atomic E-state index is -5.85. The van der Waals surface area contributed by atoms with Gasteiger partial charge in [0.1, 0.15) is 11.3 Å². The maximum absolute atomic E-state index is 12.7. The van der Waals surface area contributed by atoms with Gasteiger partial charge >= 0.3 is 15.6 Å². The molecule has 12 heteroatoms. The number of nitrogens with zero attached hydrogens (tertiary/aromatic N) is 3. The van der Waals surface area contributed by atoms with Gasteiger partial charge in [-0.3, -0.25) is 0 Å². The summed E-state index contributed by atoms with van der Waals surface area (Å²) in [5.74, 6) is -0.305. The lowest BCUT2D eigenvalue weighted by atomic mass is 10.2. The molecule has 0 N–H and O–H groups in total. The Hall–Kier alpha value is -1.85. The van der Waals surface area contributed by atoms with Crippen LogP contribution in [0.3, 0.4) is 0 Å². The summed E-state index contributed by atoms with van der Waals surface area (Å²) >= 11 is 5.99. The maximum Gasteiger partial charge on any atom is 0.534 e. The molecule has 0 aromatic carbocycles. The van der Waals surface area contributed by atoms with Crippen molar-refractivity contribution in [3.63, 3.8) is 0 Å². The number of morpholine rings is 1. The molecule has 142 valence electrons. The second kappa shape index (κ2) is 6.71. The number of pyridine rings is 2. The molecule has 7 nitrogen and oxygen atoms in total. The molecular formula is C14H13ClF3N3O4S. The van der Waals surface area contributed by atoms with Crippen molar-refractivity contribution in [2.24, 2.45) is 0 Å². The fourth-order valence-electron chi connectivity index (χ4n) is 2.52. The van der Waals surface area contributed by atoms with Gasteiger partial charge in [-0.25, -0.2) is 9.97 Å². The molecule has 0 saturated carbocycles. The highest BCUT2D eigenvalue weighted by atomic mass is 35.5. The molecule has 3 rings (SSSR count). The molecule has 0 unspecified atom stereocenters. The largest absolute Gasteiger partial charge is 0.534 e. The van der Waals surface area contributed by atoms with Crippen LogP contribution in [0.25, 0.3) is 10.9 Å². The summed E-state index contributed by atoms with van der Waals surface area (Å²) in [6, 6.07) is 2.29. The molecule has 1 aliphatic rings. The Morgan fingerprint density at radius 3 is 2.81 bits per heavy atom. The average Bonchev–Trinajstić information content (AvgIpc) is 2.54. The van der Waals surface area contributed by atoms with Crippen LogP contribution in [-0.2, 0) is 14.9 Å². The topological polar surface area (TPSA) is 81.6 Å². The Morgan fingerprint density at radius 1 is 1.42 bits per heavy atom. The number of hydrogen-bond acceptors (Lipinski definition) is 7. The van der Waals surface area contributed by atoms with Crippen LogP contribution in [0.4, 0.5) is 19.0 Å². The highest BCUT2D eigenvalue weighted by molar-refractivity contribution is 7.88. The van der Waals surface area contributed by atoms with Crippen LogP contribution in [0, 0.1) is 0 Å². The molecule has 26 heavy (non-hydrogen) atoms. The lowest BCUT2D eigenvalue weighted by Gasteiger charge is -2.34. The Bertz CT molecular complexity index is 939. The Morgan fingerprint density at radius 2 is 2.15 bits per heavy atom. The number of rotatable bonds is 3. The molecule has 1 aliphatic heterocycles. The molecule has 2 aromatic heterocycles. The third-order valence-corrected chi connectivity index (χ3v) is 5.02. The normalized spacial score (nSPS) is 19.0. The SMILES string of the molecule is C[C@@H]1COCCN1c1cc(OS(=O)(=O)C(F)(F)F)c2ccnc(Cl)c2n1. The first kappa shape index (κ1) is 18.9. The molecule has 0 bridgehead atoms. The first-order valence-corrected chi connectivity index (χ1v) is 9.19. The summed E-state index contributed by atoms with van der Waals surface area (Å²) in [6.07, 6.45) is 1.22. The van der Waals surface area contributed by atoms with Crippen LogP contribution in [0.1, 0.15) is 6.92 Å². The summed E-state index contributed by atoms with van der Waals surface area (Å²) in [5.41, 5.74) is -5.52. The van der Waals surface area contributed by atoms with Gasteiger partial charge in [0.2, 0.25) is 0 Å². The van der Waals surface area contributed by atoms with Crippen LogP contribution in [-0.4, -0.2) is 49.7 Å². The molecule has 1 fully saturated rings. The first-order valence-electron chi connectivity index (χ1n) is 7.40. The van der Waals surface area contributed by atoms with E-state index in [9.17, 15) is 21.6 Å². The Balaban J connectivity index is 2.16. The van der Waals surface area contributed by atoms with Crippen molar-refractivity contribution in [1.82, 2.24) is 9.97 Å². The van der Waals surface area contributed by atoms with Crippen LogP contribution in [0.2, 0.25) is 5.15 Å². The monoisotopic (exact) mass is 411 g/mol. The van der Waals surface area contributed by atoms with Crippen molar-refractivity contribution < 1.29 is 30.5 Å². The maximum atomic E-state index is 12.7. The first-order chi connectivity index (χ1) is 12.1. The number of hydrogen-bond donors (Lipinski definition) is 0. The van der Waals surface area contributed by atoms with Gasteiger partial charge in [0, 0.05) is 24.2 Å². The second-order valence-electron chi connectivity index (χ2n) is 5.58. The zero-order valence-corrected chi connectivity index (χ0v) is 14.9. The second-order valence-corrected chi connectivity index (χ2v) is 7.47. The number of ether oxygens (including phenoxy) is 1. The third kappa shape index (κ3) is 3.51. The lowest BCUT2D eigenvalue weighted by molar-refractivity contribution is -0.0499. The quantitative estimate of drug-likeness (QED) is 0.436. The van der Waals surface area contributed by atoms with Crippen LogP contribution < -0.4 is 9.08 Å². The molecule has 1 saturated heterocycles. The average molecular weight is 412 g/mol. The van der Waals surface area contributed by atoms with Gasteiger partial charge in [-0.15, -0.1) is 0 Å². The predicted octanol–water partition coefficient (Wildman–Crippen LogP) is 2.74. The van der Waals surface area contributed by atoms with E-state index in [1.54, 1.807) is 4.90 Å². The number of aromatic nitrogens is 2. The molecule has 0 amide bonds. The minimum Gasteiger partial charge on any atom is -0.377 e. The summed E-state index contributed by atoms with van der Waals surface area (Å²) in [6.45, 7) is 3.03. The summed E-state index contributed by atoms with van der Waals surface area (Å²) in [7, 11) is -5.85. The van der Waals surface area contributed by atoms with Crippen LogP contribution >= 0.6 is 11.6 Å². The van der Waals surface area contributed by atoms with E-state index in [1.165, 1.54) is 12.3 Å². The molecular weight excluding hydrogens is 399 g/mol. The number of alkyl halides is 3. The zero-order chi connectivity index (χ0) is 19.1. The van der Waals surface area contributed by atoms with Crippen molar-refractivity contribution in [2.75, 3.05) is 24.7 Å². The van der Waals surface area contributed by atoms with Gasteiger partial charge in [0.05, 0.1) is 19.3 Å². The van der Waals surface area contributed by atoms with Gasteiger partial charge in [-0.05, 0) is 13.0 Å². The van der Waals surface area contributed by atoms with Crippen molar-refractivity contribution >= 4 is 38.4 Å². The van der Waals surface area contributed by atoms with E-state index >= 15 is 0 Å². The van der Waals surface area contributed by atoms with Crippen LogP contribution in [0.15, 0.2) is 18.3 Å². The fraction of sp³-hybridized carbons (Fsp3) is 0.429. The standard InChI is InChI=1S/C14H13ClF3N3O4S/c1-8-7-24-5-4-21(8)11-6-10(25-26(22,23)14(16,17)18)9-2-3-19-13(15)12(9)20-11/h2-3,6,8H,4-5,7H2,1H3/t8-/m1/s1. The number of fused-ring (bicyclic) bond motifs is 1. The highest BCUT2D eigenvalue weighted by Crippen LogP contribution is 2.36. The summed E-state index contributed by atoms with van der Waals surface area (Å²) < 4.78 is 70.8. The van der Waals surface area contributed by atoms with Gasteiger partial charge < -0.3 is 13.8 Å². The van der Waals surface area contributed by atoms with E-state index in [0.717, 1.165) is 6.07 Å². The Kier molecular flexibility index (Phi) is 4.88. The number of halogens is 4. The lowest BCUT2D eigenvalue weighted by Crippen LogP contribution is -2.44. The summed E-state index contributed by atoms with van der Waals surface area (Å²) in [5, 5.41) is -0.0815. The molecule has 3 heterocycles. The van der Waals surface area contributed by atoms with Gasteiger partial charge in [-0.2, -0.15) is 21.6 Å². The van der Waals surface area contributed by atoms with E-state index in [4.69, 9.17) is 16.3 Å². The molecule has 2 aromatic rings. The molecule has 0 radical (unpaired) electrons. The highest BCUT2D eigenvalue weighted by Gasteiger charge is 2.49. The zero-order valence-electron chi connectivity index (χ0n) is 13.3. The fourth-order valence-corrected chi connectivity index (χ4v) is 3.19. The summed E-state index contributed by atoms with van der Waals surface area (Å²) in [4.78, 5) is 9.92. The van der Waals surface area contributed by atoms with Gasteiger partial charge in [0.15, 0.2) is 10.9 Å². The van der Waals surface area contributed by atoms with E-state index < -0.39 is 21.4 Å². The smallest absolute Gasteiger partial charge is 0.377 e. The number of anilines is 1. The third-order valence-electron chi connectivity index (χ3n) is 3.78. The van der Waals surface area contributed by atoms with Crippen molar-refractivity contribution in [3.8, 4) is 5.75 Å². The van der Waals surface area contributed by atoms with E-state index in [1.807, 2.05) is 6.92 Å². The van der Waals surface area contributed by atoms with Gasteiger partial charge in [0.25, 0.3) is 0 Å².